The predicted molar refractivity (Wildman–Crippen MR) is 145 cm³/mol. The van der Waals surface area contributed by atoms with Crippen molar-refractivity contribution in [2.24, 2.45) is 5.92 Å². The van der Waals surface area contributed by atoms with E-state index in [9.17, 15) is 14.4 Å². The van der Waals surface area contributed by atoms with Crippen molar-refractivity contribution in [3.63, 3.8) is 0 Å². The van der Waals surface area contributed by atoms with E-state index in [1.54, 1.807) is 9.80 Å². The Kier molecular flexibility index (Phi) is 9.90. The summed E-state index contributed by atoms with van der Waals surface area (Å²) in [4.78, 5) is 45.4. The summed E-state index contributed by atoms with van der Waals surface area (Å²) in [6, 6.07) is 8.29. The van der Waals surface area contributed by atoms with Crippen molar-refractivity contribution in [2.45, 2.75) is 58.9 Å². The quantitative estimate of drug-likeness (QED) is 0.515. The number of nitrogens with zero attached hydrogens (tertiary/aromatic N) is 3. The molecule has 0 radical (unpaired) electrons. The SMILES string of the molecule is CC1=C(C(=O)N2CCOCC2)CC(CC(=O)NCCCN(C)C)C(=O)N1Cc1ccc(C(C)(C)C)cc1. The van der Waals surface area contributed by atoms with Crippen LogP contribution in [0.15, 0.2) is 35.5 Å². The highest BCUT2D eigenvalue weighted by molar-refractivity contribution is 5.98. The summed E-state index contributed by atoms with van der Waals surface area (Å²) in [5.41, 5.74) is 3.56. The average Bonchev–Trinajstić information content (AvgIpc) is 2.86. The Bertz CT molecular complexity index is 988. The van der Waals surface area contributed by atoms with Crippen molar-refractivity contribution >= 4 is 17.7 Å². The van der Waals surface area contributed by atoms with E-state index >= 15 is 0 Å². The number of rotatable bonds is 9. The Morgan fingerprint density at radius 3 is 2.35 bits per heavy atom. The van der Waals surface area contributed by atoms with Crippen molar-refractivity contribution in [3.8, 4) is 0 Å². The Hall–Kier alpha value is -2.71. The second-order valence-electron chi connectivity index (χ2n) is 11.5. The lowest BCUT2D eigenvalue weighted by Gasteiger charge is -2.37. The van der Waals surface area contributed by atoms with Crippen molar-refractivity contribution < 1.29 is 19.1 Å². The summed E-state index contributed by atoms with van der Waals surface area (Å²) >= 11 is 0. The molecule has 8 nitrogen and oxygen atoms in total. The van der Waals surface area contributed by atoms with Crippen molar-refractivity contribution in [1.29, 1.82) is 0 Å². The largest absolute Gasteiger partial charge is 0.378 e. The molecule has 3 rings (SSSR count). The first-order chi connectivity index (χ1) is 17.5. The van der Waals surface area contributed by atoms with Crippen LogP contribution in [-0.2, 0) is 31.1 Å². The summed E-state index contributed by atoms with van der Waals surface area (Å²) in [5.74, 6) is -0.868. The third-order valence-corrected chi connectivity index (χ3v) is 7.16. The normalized spacial score (nSPS) is 19.0. The summed E-state index contributed by atoms with van der Waals surface area (Å²) in [5, 5.41) is 2.95. The molecule has 0 bridgehead atoms. The van der Waals surface area contributed by atoms with Gasteiger partial charge in [0.25, 0.3) is 5.91 Å². The maximum absolute atomic E-state index is 13.6. The zero-order chi connectivity index (χ0) is 27.2. The monoisotopic (exact) mass is 512 g/mol. The molecule has 1 aromatic rings. The lowest BCUT2D eigenvalue weighted by Crippen LogP contribution is -2.46. The van der Waals surface area contributed by atoms with E-state index in [0.717, 1.165) is 18.5 Å². The number of amides is 3. The fourth-order valence-electron chi connectivity index (χ4n) is 4.80. The van der Waals surface area contributed by atoms with Gasteiger partial charge in [0.15, 0.2) is 0 Å². The lowest BCUT2D eigenvalue weighted by atomic mass is 9.86. The second-order valence-corrected chi connectivity index (χ2v) is 11.5. The van der Waals surface area contributed by atoms with Gasteiger partial charge in [0.1, 0.15) is 0 Å². The number of nitrogens with one attached hydrogen (secondary N) is 1. The molecule has 2 aliphatic heterocycles. The molecule has 3 amide bonds. The van der Waals surface area contributed by atoms with E-state index in [0.29, 0.717) is 50.7 Å². The van der Waals surface area contributed by atoms with Crippen LogP contribution in [0.2, 0.25) is 0 Å². The molecule has 1 fully saturated rings. The lowest BCUT2D eigenvalue weighted by molar-refractivity contribution is -0.139. The standard InChI is InChI=1S/C29H44N4O4/c1-21-25(28(36)32-14-16-37-17-15-32)18-23(19-26(34)30-12-7-13-31(5)6)27(35)33(21)20-22-8-10-24(11-9-22)29(2,3)4/h8-11,23H,7,12-20H2,1-6H3,(H,30,34). The van der Waals surface area contributed by atoms with Gasteiger partial charge in [-0.05, 0) is 56.9 Å². The topological polar surface area (TPSA) is 82.2 Å². The van der Waals surface area contributed by atoms with Crippen LogP contribution in [0.5, 0.6) is 0 Å². The van der Waals surface area contributed by atoms with E-state index < -0.39 is 5.92 Å². The number of carbonyl (C=O) groups excluding carboxylic acids is 3. The van der Waals surface area contributed by atoms with Crippen molar-refractivity contribution in [3.05, 3.63) is 46.7 Å². The zero-order valence-corrected chi connectivity index (χ0v) is 23.4. The second kappa shape index (κ2) is 12.7. The Balaban J connectivity index is 1.80. The van der Waals surface area contributed by atoms with Crippen LogP contribution in [0, 0.1) is 5.92 Å². The first-order valence-electron chi connectivity index (χ1n) is 13.4. The predicted octanol–water partition coefficient (Wildman–Crippen LogP) is 2.92. The highest BCUT2D eigenvalue weighted by Gasteiger charge is 2.38. The van der Waals surface area contributed by atoms with Gasteiger partial charge < -0.3 is 24.8 Å². The molecule has 0 aliphatic carbocycles. The molecule has 37 heavy (non-hydrogen) atoms. The van der Waals surface area contributed by atoms with Crippen molar-refractivity contribution in [1.82, 2.24) is 20.0 Å². The minimum absolute atomic E-state index is 0.0397. The van der Waals surface area contributed by atoms with Gasteiger partial charge in [-0.1, -0.05) is 45.0 Å². The van der Waals surface area contributed by atoms with Crippen LogP contribution in [0.1, 0.15) is 58.1 Å². The number of hydrogen-bond acceptors (Lipinski definition) is 5. The number of morpholine rings is 1. The molecule has 2 heterocycles. The maximum Gasteiger partial charge on any atom is 0.251 e. The smallest absolute Gasteiger partial charge is 0.251 e. The van der Waals surface area contributed by atoms with Gasteiger partial charge in [-0.15, -0.1) is 0 Å². The first-order valence-corrected chi connectivity index (χ1v) is 13.4. The minimum Gasteiger partial charge on any atom is -0.378 e. The minimum atomic E-state index is -0.564. The fourth-order valence-corrected chi connectivity index (χ4v) is 4.80. The molecule has 0 aromatic heterocycles. The van der Waals surface area contributed by atoms with Crippen LogP contribution >= 0.6 is 0 Å². The summed E-state index contributed by atoms with van der Waals surface area (Å²) in [6.07, 6.45) is 1.20. The highest BCUT2D eigenvalue weighted by atomic mass is 16.5. The highest BCUT2D eigenvalue weighted by Crippen LogP contribution is 2.32. The first kappa shape index (κ1) is 28.9. The molecule has 1 atom stereocenters. The fraction of sp³-hybridized carbons (Fsp3) is 0.621. The zero-order valence-electron chi connectivity index (χ0n) is 23.4. The third kappa shape index (κ3) is 7.89. The van der Waals surface area contributed by atoms with E-state index in [1.807, 2.05) is 33.2 Å². The van der Waals surface area contributed by atoms with Gasteiger partial charge in [-0.25, -0.2) is 0 Å². The van der Waals surface area contributed by atoms with Crippen LogP contribution in [0.25, 0.3) is 0 Å². The Labute approximate surface area is 222 Å². The average molecular weight is 513 g/mol. The van der Waals surface area contributed by atoms with Gasteiger partial charge in [0, 0.05) is 37.3 Å². The van der Waals surface area contributed by atoms with Gasteiger partial charge >= 0.3 is 0 Å². The van der Waals surface area contributed by atoms with E-state index in [4.69, 9.17) is 4.74 Å². The number of hydrogen-bond donors (Lipinski definition) is 1. The molecule has 1 unspecified atom stereocenters. The van der Waals surface area contributed by atoms with Crippen LogP contribution in [0.4, 0.5) is 0 Å². The van der Waals surface area contributed by atoms with E-state index in [1.165, 1.54) is 5.56 Å². The van der Waals surface area contributed by atoms with Gasteiger partial charge in [-0.3, -0.25) is 14.4 Å². The molecule has 8 heteroatoms. The molecule has 1 aromatic carbocycles. The van der Waals surface area contributed by atoms with E-state index in [-0.39, 0.29) is 36.0 Å². The van der Waals surface area contributed by atoms with Crippen molar-refractivity contribution in [2.75, 3.05) is 53.5 Å². The molecule has 0 spiro atoms. The molecule has 204 valence electrons. The Morgan fingerprint density at radius 2 is 1.76 bits per heavy atom. The van der Waals surface area contributed by atoms with Crippen LogP contribution in [0.3, 0.4) is 0 Å². The number of ether oxygens (including phenoxy) is 1. The molecule has 1 N–H and O–H groups in total. The van der Waals surface area contributed by atoms with Crippen LogP contribution < -0.4 is 5.32 Å². The van der Waals surface area contributed by atoms with Gasteiger partial charge in [0.2, 0.25) is 11.8 Å². The number of allylic oxidation sites excluding steroid dienone is 1. The van der Waals surface area contributed by atoms with Crippen LogP contribution in [-0.4, -0.2) is 85.9 Å². The summed E-state index contributed by atoms with van der Waals surface area (Å²) < 4.78 is 5.42. The number of carbonyl (C=O) groups is 3. The maximum atomic E-state index is 13.6. The summed E-state index contributed by atoms with van der Waals surface area (Å²) in [7, 11) is 3.99. The number of benzene rings is 1. The Morgan fingerprint density at radius 1 is 1.11 bits per heavy atom. The van der Waals surface area contributed by atoms with E-state index in [2.05, 4.69) is 43.1 Å². The van der Waals surface area contributed by atoms with Gasteiger partial charge in [0.05, 0.1) is 25.7 Å². The molecular formula is C29H44N4O4. The third-order valence-electron chi connectivity index (χ3n) is 7.16. The molecule has 0 saturated carbocycles. The molecular weight excluding hydrogens is 468 g/mol. The summed E-state index contributed by atoms with van der Waals surface area (Å²) in [6.45, 7) is 12.3. The molecule has 2 aliphatic rings. The van der Waals surface area contributed by atoms with Gasteiger partial charge in [-0.2, -0.15) is 0 Å². The molecule has 1 saturated heterocycles.